The van der Waals surface area contributed by atoms with Crippen LogP contribution in [0.25, 0.3) is 0 Å². The maximum absolute atomic E-state index is 14.7. The predicted molar refractivity (Wildman–Crippen MR) is 197 cm³/mol. The maximum Gasteiger partial charge on any atom is 0.264 e. The summed E-state index contributed by atoms with van der Waals surface area (Å²) >= 11 is 9.57. The van der Waals surface area contributed by atoms with Crippen molar-refractivity contribution in [3.05, 3.63) is 124 Å². The van der Waals surface area contributed by atoms with E-state index in [4.69, 9.17) is 16.3 Å². The third kappa shape index (κ3) is 9.86. The van der Waals surface area contributed by atoms with E-state index in [0.29, 0.717) is 17.4 Å². The van der Waals surface area contributed by atoms with Gasteiger partial charge in [-0.05, 0) is 91.6 Å². The van der Waals surface area contributed by atoms with Crippen molar-refractivity contribution in [3.63, 3.8) is 0 Å². The van der Waals surface area contributed by atoms with Crippen molar-refractivity contribution in [2.45, 2.75) is 69.0 Å². The summed E-state index contributed by atoms with van der Waals surface area (Å²) in [4.78, 5) is 30.5. The summed E-state index contributed by atoms with van der Waals surface area (Å²) in [6, 6.07) is 28.6. The van der Waals surface area contributed by atoms with Crippen LogP contribution in [-0.4, -0.2) is 50.4 Å². The minimum atomic E-state index is -4.22. The van der Waals surface area contributed by atoms with E-state index in [2.05, 4.69) is 21.2 Å². The molecule has 8 nitrogen and oxygen atoms in total. The number of anilines is 1. The highest BCUT2D eigenvalue weighted by atomic mass is 79.9. The van der Waals surface area contributed by atoms with E-state index in [1.54, 1.807) is 48.5 Å². The van der Waals surface area contributed by atoms with Gasteiger partial charge in [0.1, 0.15) is 18.3 Å². The van der Waals surface area contributed by atoms with Gasteiger partial charge in [-0.15, -0.1) is 0 Å². The normalized spacial score (nSPS) is 14.1. The molecule has 0 bridgehead atoms. The molecule has 0 unspecified atom stereocenters. The van der Waals surface area contributed by atoms with Crippen molar-refractivity contribution in [1.29, 1.82) is 0 Å². The van der Waals surface area contributed by atoms with Crippen LogP contribution in [0.2, 0.25) is 5.02 Å². The topological polar surface area (TPSA) is 96.0 Å². The van der Waals surface area contributed by atoms with Gasteiger partial charge in [-0.2, -0.15) is 0 Å². The zero-order chi connectivity index (χ0) is 34.8. The molecule has 258 valence electrons. The van der Waals surface area contributed by atoms with E-state index in [9.17, 15) is 18.0 Å². The van der Waals surface area contributed by atoms with Gasteiger partial charge < -0.3 is 15.0 Å². The summed E-state index contributed by atoms with van der Waals surface area (Å²) in [7, 11) is -4.22. The highest BCUT2D eigenvalue weighted by Gasteiger charge is 2.35. The first-order chi connectivity index (χ1) is 23.6. The molecule has 1 saturated carbocycles. The van der Waals surface area contributed by atoms with E-state index in [1.807, 2.05) is 49.4 Å². The van der Waals surface area contributed by atoms with Gasteiger partial charge in [-0.3, -0.25) is 13.9 Å². The number of carbonyl (C=O) groups excluding carboxylic acids is 2. The van der Waals surface area contributed by atoms with Crippen LogP contribution in [-0.2, 0) is 32.6 Å². The van der Waals surface area contributed by atoms with Gasteiger partial charge in [0.15, 0.2) is 0 Å². The molecular weight excluding hydrogens is 726 g/mol. The zero-order valence-corrected chi connectivity index (χ0v) is 30.6. The first-order valence-electron chi connectivity index (χ1n) is 16.5. The minimum absolute atomic E-state index is 0.0187. The average molecular weight is 767 g/mol. The zero-order valence-electron chi connectivity index (χ0n) is 27.4. The lowest BCUT2D eigenvalue weighted by molar-refractivity contribution is -0.140. The summed E-state index contributed by atoms with van der Waals surface area (Å²) in [5.41, 5.74) is 1.92. The molecule has 4 aromatic rings. The van der Waals surface area contributed by atoms with Gasteiger partial charge >= 0.3 is 0 Å². The summed E-state index contributed by atoms with van der Waals surface area (Å²) < 4.78 is 36.0. The van der Waals surface area contributed by atoms with Crippen LogP contribution in [0.4, 0.5) is 5.69 Å². The molecule has 11 heteroatoms. The summed E-state index contributed by atoms with van der Waals surface area (Å²) in [5.74, 6) is -0.212. The van der Waals surface area contributed by atoms with Crippen LogP contribution in [0.15, 0.2) is 112 Å². The second-order valence-electron chi connectivity index (χ2n) is 12.1. The van der Waals surface area contributed by atoms with Crippen LogP contribution in [0.1, 0.15) is 50.2 Å². The van der Waals surface area contributed by atoms with Gasteiger partial charge in [0.25, 0.3) is 10.0 Å². The Balaban J connectivity index is 1.56. The summed E-state index contributed by atoms with van der Waals surface area (Å²) in [6.07, 6.45) is 5.22. The van der Waals surface area contributed by atoms with Crippen LogP contribution < -0.4 is 14.4 Å². The molecule has 1 aliphatic rings. The number of benzene rings is 4. The lowest BCUT2D eigenvalue weighted by Crippen LogP contribution is -2.55. The van der Waals surface area contributed by atoms with Crippen LogP contribution in [0, 0.1) is 0 Å². The number of rotatable bonds is 14. The Morgan fingerprint density at radius 2 is 1.53 bits per heavy atom. The van der Waals surface area contributed by atoms with Crippen molar-refractivity contribution < 1.29 is 22.7 Å². The molecule has 2 amide bonds. The SMILES string of the molecule is CCOc1ccc(N(CC(=O)N(Cc2ccc(Cl)cc2)[C@@H](Cc2ccccc2)C(=O)NC2CCCCC2)S(=O)(=O)c2ccc(Br)cc2)cc1. The van der Waals surface area contributed by atoms with E-state index in [1.165, 1.54) is 17.0 Å². The molecular formula is C38H41BrClN3O5S. The molecule has 4 aromatic carbocycles. The fraction of sp³-hybridized carbons (Fsp3) is 0.316. The first-order valence-corrected chi connectivity index (χ1v) is 19.1. The fourth-order valence-corrected chi connectivity index (χ4v) is 7.83. The number of sulfonamides is 1. The Bertz CT molecular complexity index is 1780. The molecule has 0 aromatic heterocycles. The molecule has 0 spiro atoms. The third-order valence-electron chi connectivity index (χ3n) is 8.61. The molecule has 49 heavy (non-hydrogen) atoms. The fourth-order valence-electron chi connectivity index (χ4n) is 6.02. The second-order valence-corrected chi connectivity index (χ2v) is 15.3. The van der Waals surface area contributed by atoms with Crippen molar-refractivity contribution in [1.82, 2.24) is 10.2 Å². The van der Waals surface area contributed by atoms with Gasteiger partial charge in [0.05, 0.1) is 17.2 Å². The monoisotopic (exact) mass is 765 g/mol. The summed E-state index contributed by atoms with van der Waals surface area (Å²) in [5, 5.41) is 3.77. The van der Waals surface area contributed by atoms with Crippen molar-refractivity contribution in [2.75, 3.05) is 17.5 Å². The Hall–Kier alpha value is -3.86. The highest BCUT2D eigenvalue weighted by molar-refractivity contribution is 9.10. The number of amides is 2. The Morgan fingerprint density at radius 1 is 0.878 bits per heavy atom. The smallest absolute Gasteiger partial charge is 0.264 e. The van der Waals surface area contributed by atoms with Crippen molar-refractivity contribution >= 4 is 55.1 Å². The van der Waals surface area contributed by atoms with Gasteiger partial charge in [0.2, 0.25) is 11.8 Å². The van der Waals surface area contributed by atoms with Crippen LogP contribution in [0.5, 0.6) is 5.75 Å². The number of hydrogen-bond donors (Lipinski definition) is 1. The van der Waals surface area contributed by atoms with E-state index in [0.717, 1.165) is 52.0 Å². The largest absolute Gasteiger partial charge is 0.494 e. The molecule has 0 radical (unpaired) electrons. The number of carbonyl (C=O) groups is 2. The number of halogens is 2. The number of nitrogens with one attached hydrogen (secondary N) is 1. The van der Waals surface area contributed by atoms with E-state index >= 15 is 0 Å². The lowest BCUT2D eigenvalue weighted by atomic mass is 9.94. The first kappa shape index (κ1) is 36.4. The number of nitrogens with zero attached hydrogens (tertiary/aromatic N) is 2. The molecule has 1 aliphatic carbocycles. The number of ether oxygens (including phenoxy) is 1. The van der Waals surface area contributed by atoms with Crippen molar-refractivity contribution in [3.8, 4) is 5.75 Å². The molecule has 1 N–H and O–H groups in total. The molecule has 5 rings (SSSR count). The summed E-state index contributed by atoms with van der Waals surface area (Å²) in [6.45, 7) is 1.84. The predicted octanol–water partition coefficient (Wildman–Crippen LogP) is 7.79. The average Bonchev–Trinajstić information content (AvgIpc) is 3.11. The quantitative estimate of drug-likeness (QED) is 0.142. The van der Waals surface area contributed by atoms with E-state index in [-0.39, 0.29) is 35.5 Å². The second kappa shape index (κ2) is 17.2. The Labute approximate surface area is 302 Å². The molecule has 0 aliphatic heterocycles. The Morgan fingerprint density at radius 3 is 2.16 bits per heavy atom. The highest BCUT2D eigenvalue weighted by Crippen LogP contribution is 2.28. The standard InChI is InChI=1S/C38H41BrClN3O5S/c1-2-48-34-21-19-33(20-22-34)43(49(46,47)35-23-15-30(39)16-24-35)27-37(44)42(26-29-13-17-31(40)18-14-29)36(25-28-9-5-3-6-10-28)38(45)41-32-11-7-4-8-12-32/h3,5-6,9-10,13-24,32,36H,2,4,7-8,11-12,25-27H2,1H3,(H,41,45)/t36-/m0/s1. The van der Waals surface area contributed by atoms with Crippen molar-refractivity contribution in [2.24, 2.45) is 0 Å². The molecule has 0 saturated heterocycles. The minimum Gasteiger partial charge on any atom is -0.494 e. The van der Waals surface area contributed by atoms with Crippen LogP contribution >= 0.6 is 27.5 Å². The van der Waals surface area contributed by atoms with Gasteiger partial charge in [0, 0.05) is 28.5 Å². The Kier molecular flexibility index (Phi) is 12.8. The molecule has 0 heterocycles. The van der Waals surface area contributed by atoms with Gasteiger partial charge in [-0.25, -0.2) is 8.42 Å². The lowest BCUT2D eigenvalue weighted by Gasteiger charge is -2.35. The van der Waals surface area contributed by atoms with Gasteiger partial charge in [-0.1, -0.05) is 89.3 Å². The third-order valence-corrected chi connectivity index (χ3v) is 11.2. The molecule has 1 atom stereocenters. The van der Waals surface area contributed by atoms with Crippen LogP contribution in [0.3, 0.4) is 0 Å². The molecule has 1 fully saturated rings. The van der Waals surface area contributed by atoms with E-state index < -0.39 is 28.5 Å². The number of hydrogen-bond acceptors (Lipinski definition) is 5. The maximum atomic E-state index is 14.7.